The van der Waals surface area contributed by atoms with Gasteiger partial charge in [0.05, 0.1) is 13.2 Å². The highest BCUT2D eigenvalue weighted by molar-refractivity contribution is 5.91. The van der Waals surface area contributed by atoms with Gasteiger partial charge in [0.1, 0.15) is 5.75 Å². The Morgan fingerprint density at radius 1 is 1.19 bits per heavy atom. The Labute approximate surface area is 128 Å². The van der Waals surface area contributed by atoms with Gasteiger partial charge >= 0.3 is 5.97 Å². The fraction of sp³-hybridized carbons (Fsp3) is 0.500. The molecule has 0 heterocycles. The van der Waals surface area contributed by atoms with Crippen LogP contribution in [0.1, 0.15) is 46.1 Å². The van der Waals surface area contributed by atoms with Crippen molar-refractivity contribution in [3.8, 4) is 5.75 Å². The van der Waals surface area contributed by atoms with Crippen LogP contribution in [-0.4, -0.2) is 19.2 Å². The van der Waals surface area contributed by atoms with E-state index in [2.05, 4.69) is 20.8 Å². The average molecular weight is 290 g/mol. The van der Waals surface area contributed by atoms with E-state index in [0.29, 0.717) is 6.61 Å². The second-order valence-corrected chi connectivity index (χ2v) is 5.23. The minimum atomic E-state index is -0.288. The van der Waals surface area contributed by atoms with Gasteiger partial charge in [0, 0.05) is 6.08 Å². The maximum absolute atomic E-state index is 11.6. The number of hydrogen-bond acceptors (Lipinski definition) is 3. The summed E-state index contributed by atoms with van der Waals surface area (Å²) in [6.07, 6.45) is 3.76. The number of carbonyl (C=O) groups is 1. The van der Waals surface area contributed by atoms with Gasteiger partial charge in [0.2, 0.25) is 0 Å². The van der Waals surface area contributed by atoms with Crippen LogP contribution in [0, 0.1) is 5.92 Å². The summed E-state index contributed by atoms with van der Waals surface area (Å²) in [4.78, 5) is 11.6. The minimum Gasteiger partial charge on any atom is -0.494 e. The van der Waals surface area contributed by atoms with E-state index in [1.54, 1.807) is 6.08 Å². The first kappa shape index (κ1) is 17.3. The molecule has 1 aromatic rings. The predicted octanol–water partition coefficient (Wildman–Crippen LogP) is 4.47. The number of carbonyl (C=O) groups excluding carboxylic acids is 1. The molecular weight excluding hydrogens is 264 g/mol. The third kappa shape index (κ3) is 6.03. The first-order valence-electron chi connectivity index (χ1n) is 7.70. The highest BCUT2D eigenvalue weighted by Crippen LogP contribution is 2.25. The minimum absolute atomic E-state index is 0.251. The maximum Gasteiger partial charge on any atom is 0.331 e. The number of allylic oxidation sites excluding steroid dienone is 1. The van der Waals surface area contributed by atoms with Crippen LogP contribution in [0.15, 0.2) is 30.3 Å². The van der Waals surface area contributed by atoms with Gasteiger partial charge in [-0.3, -0.25) is 0 Å². The number of ether oxygens (including phenoxy) is 2. The highest BCUT2D eigenvalue weighted by atomic mass is 16.5. The summed E-state index contributed by atoms with van der Waals surface area (Å²) in [5.41, 5.74) is 2.01. The molecule has 0 fully saturated rings. The molecule has 0 aliphatic rings. The summed E-state index contributed by atoms with van der Waals surface area (Å²) < 4.78 is 10.6. The van der Waals surface area contributed by atoms with Gasteiger partial charge in [-0.2, -0.15) is 0 Å². The largest absolute Gasteiger partial charge is 0.494 e. The van der Waals surface area contributed by atoms with Crippen LogP contribution < -0.4 is 4.74 Å². The van der Waals surface area contributed by atoms with Crippen molar-refractivity contribution in [2.45, 2.75) is 40.5 Å². The lowest BCUT2D eigenvalue weighted by Gasteiger charge is -2.13. The summed E-state index contributed by atoms with van der Waals surface area (Å²) >= 11 is 0. The Balaban J connectivity index is 2.82. The molecule has 0 N–H and O–H groups in total. The molecular formula is C18H26O3. The molecule has 116 valence electrons. The molecule has 0 spiro atoms. The van der Waals surface area contributed by atoms with E-state index >= 15 is 0 Å². The number of esters is 1. The van der Waals surface area contributed by atoms with Crippen molar-refractivity contribution < 1.29 is 14.3 Å². The normalized spacial score (nSPS) is 11.6. The number of hydrogen-bond donors (Lipinski definition) is 0. The zero-order chi connectivity index (χ0) is 15.7. The summed E-state index contributed by atoms with van der Waals surface area (Å²) in [5, 5.41) is 0. The molecule has 0 aliphatic heterocycles. The summed E-state index contributed by atoms with van der Waals surface area (Å²) in [6, 6.07) is 7.89. The smallest absolute Gasteiger partial charge is 0.331 e. The zero-order valence-electron chi connectivity index (χ0n) is 13.5. The molecule has 1 aromatic carbocycles. The van der Waals surface area contributed by atoms with E-state index in [9.17, 15) is 4.79 Å². The van der Waals surface area contributed by atoms with E-state index in [1.165, 1.54) is 0 Å². The fourth-order valence-electron chi connectivity index (χ4n) is 1.97. The van der Waals surface area contributed by atoms with Gasteiger partial charge in [-0.25, -0.2) is 4.79 Å². The molecule has 0 amide bonds. The Hall–Kier alpha value is -1.77. The average Bonchev–Trinajstić information content (AvgIpc) is 2.46. The molecule has 0 radical (unpaired) electrons. The molecule has 3 heteroatoms. The van der Waals surface area contributed by atoms with E-state index in [4.69, 9.17) is 9.47 Å². The lowest BCUT2D eigenvalue weighted by molar-refractivity contribution is -0.137. The van der Waals surface area contributed by atoms with E-state index in [-0.39, 0.29) is 11.9 Å². The zero-order valence-corrected chi connectivity index (χ0v) is 13.5. The van der Waals surface area contributed by atoms with E-state index in [0.717, 1.165) is 36.3 Å². The van der Waals surface area contributed by atoms with E-state index < -0.39 is 0 Å². The monoisotopic (exact) mass is 290 g/mol. The quantitative estimate of drug-likeness (QED) is 0.402. The molecule has 21 heavy (non-hydrogen) atoms. The van der Waals surface area contributed by atoms with Gasteiger partial charge in [0.25, 0.3) is 0 Å². The number of rotatable bonds is 8. The van der Waals surface area contributed by atoms with Crippen molar-refractivity contribution in [1.29, 1.82) is 0 Å². The van der Waals surface area contributed by atoms with Crippen molar-refractivity contribution in [3.05, 3.63) is 35.9 Å². The number of unbranched alkanes of at least 4 members (excludes halogenated alkanes) is 1. The molecule has 0 bridgehead atoms. The molecule has 1 rings (SSSR count). The Morgan fingerprint density at radius 3 is 2.38 bits per heavy atom. The second-order valence-electron chi connectivity index (χ2n) is 5.23. The van der Waals surface area contributed by atoms with Crippen LogP contribution in [0.2, 0.25) is 0 Å². The molecule has 3 nitrogen and oxygen atoms in total. The standard InChI is InChI=1S/C18H26O3/c1-5-7-12-21-16-10-8-15(9-11-16)17(14(3)4)13-18(19)20-6-2/h8-11,13-14H,5-7,12H2,1-4H3. The molecule has 0 aliphatic carbocycles. The first-order chi connectivity index (χ1) is 10.1. The van der Waals surface area contributed by atoms with Crippen molar-refractivity contribution in [3.63, 3.8) is 0 Å². The SMILES string of the molecule is CCCCOc1ccc(C(=CC(=O)OCC)C(C)C)cc1. The van der Waals surface area contributed by atoms with Crippen LogP contribution in [0.3, 0.4) is 0 Å². The molecule has 0 aromatic heterocycles. The molecule has 0 saturated carbocycles. The second kappa shape index (κ2) is 9.22. The van der Waals surface area contributed by atoms with Crippen LogP contribution in [0.4, 0.5) is 0 Å². The third-order valence-corrected chi connectivity index (χ3v) is 3.14. The molecule has 0 saturated heterocycles. The van der Waals surface area contributed by atoms with Crippen LogP contribution in [-0.2, 0) is 9.53 Å². The third-order valence-electron chi connectivity index (χ3n) is 3.14. The van der Waals surface area contributed by atoms with Gasteiger partial charge in [0.15, 0.2) is 0 Å². The fourth-order valence-corrected chi connectivity index (χ4v) is 1.97. The van der Waals surface area contributed by atoms with Crippen molar-refractivity contribution in [1.82, 2.24) is 0 Å². The van der Waals surface area contributed by atoms with Gasteiger partial charge in [-0.15, -0.1) is 0 Å². The highest BCUT2D eigenvalue weighted by Gasteiger charge is 2.10. The first-order valence-corrected chi connectivity index (χ1v) is 7.70. The van der Waals surface area contributed by atoms with Crippen molar-refractivity contribution >= 4 is 11.5 Å². The lowest BCUT2D eigenvalue weighted by Crippen LogP contribution is -2.04. The van der Waals surface area contributed by atoms with Crippen LogP contribution in [0.5, 0.6) is 5.75 Å². The lowest BCUT2D eigenvalue weighted by atomic mass is 9.95. The Bertz CT molecular complexity index is 458. The van der Waals surface area contributed by atoms with Crippen LogP contribution >= 0.6 is 0 Å². The summed E-state index contributed by atoms with van der Waals surface area (Å²) in [7, 11) is 0. The van der Waals surface area contributed by atoms with Crippen molar-refractivity contribution in [2.75, 3.05) is 13.2 Å². The van der Waals surface area contributed by atoms with Gasteiger partial charge < -0.3 is 9.47 Å². The molecule has 0 unspecified atom stereocenters. The number of benzene rings is 1. The summed E-state index contributed by atoms with van der Waals surface area (Å²) in [6.45, 7) is 9.22. The topological polar surface area (TPSA) is 35.5 Å². The molecule has 0 atom stereocenters. The Kier molecular flexibility index (Phi) is 7.59. The Morgan fingerprint density at radius 2 is 1.86 bits per heavy atom. The van der Waals surface area contributed by atoms with Gasteiger partial charge in [-0.1, -0.05) is 39.3 Å². The maximum atomic E-state index is 11.6. The predicted molar refractivity (Wildman–Crippen MR) is 86.3 cm³/mol. The van der Waals surface area contributed by atoms with Crippen LogP contribution in [0.25, 0.3) is 5.57 Å². The van der Waals surface area contributed by atoms with Gasteiger partial charge in [-0.05, 0) is 42.5 Å². The van der Waals surface area contributed by atoms with Crippen molar-refractivity contribution in [2.24, 2.45) is 5.92 Å². The van der Waals surface area contributed by atoms with E-state index in [1.807, 2.05) is 31.2 Å². The summed E-state index contributed by atoms with van der Waals surface area (Å²) in [5.74, 6) is 0.831.